The predicted molar refractivity (Wildman–Crippen MR) is 61.1 cm³/mol. The van der Waals surface area contributed by atoms with Gasteiger partial charge in [0.05, 0.1) is 17.1 Å². The molecule has 0 aromatic carbocycles. The third-order valence-corrected chi connectivity index (χ3v) is 3.15. The van der Waals surface area contributed by atoms with Crippen molar-refractivity contribution in [2.24, 2.45) is 0 Å². The first kappa shape index (κ1) is 10.6. The molecule has 0 amide bonds. The van der Waals surface area contributed by atoms with E-state index in [-0.39, 0.29) is 0 Å². The lowest BCUT2D eigenvalue weighted by Crippen LogP contribution is -2.19. The van der Waals surface area contributed by atoms with E-state index in [1.807, 2.05) is 18.3 Å². The first-order chi connectivity index (χ1) is 7.34. The molecule has 80 valence electrons. The molecule has 0 saturated heterocycles. The standard InChI is InChI=1S/C9H11ClN4S/c10-9-2-1-8(15-9)7-11-3-5-14-6-4-12-13-14/h1-2,4,6,11H,3,5,7H2. The minimum absolute atomic E-state index is 0.832. The first-order valence-electron chi connectivity index (χ1n) is 4.63. The lowest BCUT2D eigenvalue weighted by molar-refractivity contribution is 0.542. The molecular formula is C9H11ClN4S. The Morgan fingerprint density at radius 2 is 2.40 bits per heavy atom. The van der Waals surface area contributed by atoms with Crippen molar-refractivity contribution >= 4 is 22.9 Å². The van der Waals surface area contributed by atoms with Crippen LogP contribution in [0.15, 0.2) is 24.5 Å². The van der Waals surface area contributed by atoms with Crippen molar-refractivity contribution in [3.8, 4) is 0 Å². The Morgan fingerprint density at radius 3 is 3.07 bits per heavy atom. The van der Waals surface area contributed by atoms with Crippen molar-refractivity contribution in [1.29, 1.82) is 0 Å². The van der Waals surface area contributed by atoms with E-state index >= 15 is 0 Å². The molecule has 4 nitrogen and oxygen atoms in total. The highest BCUT2D eigenvalue weighted by Crippen LogP contribution is 2.20. The van der Waals surface area contributed by atoms with Gasteiger partial charge in [0.2, 0.25) is 0 Å². The second-order valence-electron chi connectivity index (χ2n) is 3.05. The highest BCUT2D eigenvalue weighted by Gasteiger charge is 1.97. The van der Waals surface area contributed by atoms with Gasteiger partial charge in [-0.2, -0.15) is 0 Å². The quantitative estimate of drug-likeness (QED) is 0.813. The molecule has 0 bridgehead atoms. The lowest BCUT2D eigenvalue weighted by Gasteiger charge is -2.02. The Balaban J connectivity index is 1.67. The molecule has 0 saturated carbocycles. The minimum Gasteiger partial charge on any atom is -0.310 e. The molecule has 2 heterocycles. The summed E-state index contributed by atoms with van der Waals surface area (Å²) >= 11 is 7.43. The van der Waals surface area contributed by atoms with Gasteiger partial charge in [0, 0.05) is 24.2 Å². The van der Waals surface area contributed by atoms with E-state index in [2.05, 4.69) is 15.6 Å². The van der Waals surface area contributed by atoms with Crippen LogP contribution in [0.2, 0.25) is 4.34 Å². The number of halogens is 1. The van der Waals surface area contributed by atoms with Gasteiger partial charge in [-0.05, 0) is 12.1 Å². The second kappa shape index (κ2) is 5.25. The highest BCUT2D eigenvalue weighted by molar-refractivity contribution is 7.16. The Kier molecular flexibility index (Phi) is 3.71. The topological polar surface area (TPSA) is 42.7 Å². The maximum absolute atomic E-state index is 5.82. The van der Waals surface area contributed by atoms with Crippen LogP contribution in [0.5, 0.6) is 0 Å². The summed E-state index contributed by atoms with van der Waals surface area (Å²) in [6.45, 7) is 2.56. The van der Waals surface area contributed by atoms with Crippen molar-refractivity contribution in [2.45, 2.75) is 13.1 Å². The number of nitrogens with zero attached hydrogens (tertiary/aromatic N) is 3. The van der Waals surface area contributed by atoms with Gasteiger partial charge in [-0.1, -0.05) is 16.8 Å². The van der Waals surface area contributed by atoms with Gasteiger partial charge >= 0.3 is 0 Å². The molecule has 0 radical (unpaired) electrons. The monoisotopic (exact) mass is 242 g/mol. The average Bonchev–Trinajstić information content (AvgIpc) is 2.84. The molecule has 0 atom stereocenters. The lowest BCUT2D eigenvalue weighted by atomic mass is 10.4. The fourth-order valence-electron chi connectivity index (χ4n) is 1.20. The van der Waals surface area contributed by atoms with E-state index < -0.39 is 0 Å². The maximum Gasteiger partial charge on any atom is 0.0931 e. The van der Waals surface area contributed by atoms with E-state index in [0.29, 0.717) is 0 Å². The third-order valence-electron chi connectivity index (χ3n) is 1.92. The molecule has 2 aromatic heterocycles. The fourth-order valence-corrected chi connectivity index (χ4v) is 2.26. The number of rotatable bonds is 5. The minimum atomic E-state index is 0.832. The van der Waals surface area contributed by atoms with Gasteiger partial charge in [-0.15, -0.1) is 16.4 Å². The zero-order chi connectivity index (χ0) is 10.5. The molecule has 2 rings (SSSR count). The molecule has 0 fully saturated rings. The van der Waals surface area contributed by atoms with Crippen LogP contribution in [-0.4, -0.2) is 21.5 Å². The Hall–Kier alpha value is -0.910. The maximum atomic E-state index is 5.82. The summed E-state index contributed by atoms with van der Waals surface area (Å²) in [5.74, 6) is 0. The Labute approximate surface area is 96.9 Å². The van der Waals surface area contributed by atoms with Gasteiger partial charge in [0.15, 0.2) is 0 Å². The van der Waals surface area contributed by atoms with Crippen LogP contribution in [0.4, 0.5) is 0 Å². The molecule has 0 aliphatic rings. The molecule has 0 aliphatic heterocycles. The molecule has 1 N–H and O–H groups in total. The molecule has 2 aromatic rings. The summed E-state index contributed by atoms with van der Waals surface area (Å²) in [6, 6.07) is 3.95. The average molecular weight is 243 g/mol. The molecule has 0 spiro atoms. The summed E-state index contributed by atoms with van der Waals surface area (Å²) in [5, 5.41) is 10.9. The number of nitrogens with one attached hydrogen (secondary N) is 1. The number of hydrogen-bond donors (Lipinski definition) is 1. The zero-order valence-corrected chi connectivity index (χ0v) is 9.63. The van der Waals surface area contributed by atoms with Crippen molar-refractivity contribution in [2.75, 3.05) is 6.54 Å². The van der Waals surface area contributed by atoms with Crippen LogP contribution in [0.1, 0.15) is 4.88 Å². The van der Waals surface area contributed by atoms with Gasteiger partial charge in [0.25, 0.3) is 0 Å². The van der Waals surface area contributed by atoms with Crippen LogP contribution in [0.3, 0.4) is 0 Å². The van der Waals surface area contributed by atoms with E-state index in [9.17, 15) is 0 Å². The van der Waals surface area contributed by atoms with E-state index in [1.165, 1.54) is 4.88 Å². The van der Waals surface area contributed by atoms with Gasteiger partial charge in [0.1, 0.15) is 0 Å². The van der Waals surface area contributed by atoms with Crippen molar-refractivity contribution < 1.29 is 0 Å². The number of aromatic nitrogens is 3. The van der Waals surface area contributed by atoms with Crippen LogP contribution in [0, 0.1) is 0 Å². The van der Waals surface area contributed by atoms with Gasteiger partial charge < -0.3 is 5.32 Å². The van der Waals surface area contributed by atoms with Gasteiger partial charge in [-0.3, -0.25) is 4.68 Å². The van der Waals surface area contributed by atoms with E-state index in [4.69, 9.17) is 11.6 Å². The van der Waals surface area contributed by atoms with Crippen LogP contribution < -0.4 is 5.32 Å². The van der Waals surface area contributed by atoms with Crippen molar-refractivity contribution in [3.63, 3.8) is 0 Å². The van der Waals surface area contributed by atoms with E-state index in [0.717, 1.165) is 24.0 Å². The van der Waals surface area contributed by atoms with Crippen molar-refractivity contribution in [1.82, 2.24) is 20.3 Å². The molecular weight excluding hydrogens is 232 g/mol. The molecule has 0 unspecified atom stereocenters. The number of thiophene rings is 1. The smallest absolute Gasteiger partial charge is 0.0931 e. The summed E-state index contributed by atoms with van der Waals surface area (Å²) in [7, 11) is 0. The van der Waals surface area contributed by atoms with Crippen LogP contribution >= 0.6 is 22.9 Å². The molecule has 0 aliphatic carbocycles. The summed E-state index contributed by atoms with van der Waals surface area (Å²) in [4.78, 5) is 1.25. The largest absolute Gasteiger partial charge is 0.310 e. The van der Waals surface area contributed by atoms with Gasteiger partial charge in [-0.25, -0.2) is 0 Å². The summed E-state index contributed by atoms with van der Waals surface area (Å²) in [6.07, 6.45) is 3.53. The highest BCUT2D eigenvalue weighted by atomic mass is 35.5. The second-order valence-corrected chi connectivity index (χ2v) is 4.85. The summed E-state index contributed by atoms with van der Waals surface area (Å²) < 4.78 is 2.64. The predicted octanol–water partition coefficient (Wildman–Crippen LogP) is 1.78. The van der Waals surface area contributed by atoms with Crippen LogP contribution in [-0.2, 0) is 13.1 Å². The zero-order valence-electron chi connectivity index (χ0n) is 8.06. The SMILES string of the molecule is Clc1ccc(CNCCn2ccnn2)s1. The Bertz CT molecular complexity index is 398. The normalized spacial score (nSPS) is 10.7. The third kappa shape index (κ3) is 3.30. The van der Waals surface area contributed by atoms with E-state index in [1.54, 1.807) is 22.2 Å². The number of hydrogen-bond acceptors (Lipinski definition) is 4. The Morgan fingerprint density at radius 1 is 1.47 bits per heavy atom. The summed E-state index contributed by atoms with van der Waals surface area (Å²) in [5.41, 5.74) is 0. The van der Waals surface area contributed by atoms with Crippen molar-refractivity contribution in [3.05, 3.63) is 33.7 Å². The fraction of sp³-hybridized carbons (Fsp3) is 0.333. The first-order valence-corrected chi connectivity index (χ1v) is 5.83. The molecule has 15 heavy (non-hydrogen) atoms. The van der Waals surface area contributed by atoms with Crippen LogP contribution in [0.25, 0.3) is 0 Å². The molecule has 6 heteroatoms.